The van der Waals surface area contributed by atoms with Crippen LogP contribution in [-0.2, 0) is 4.79 Å². The topological polar surface area (TPSA) is 86.0 Å². The Morgan fingerprint density at radius 3 is 2.78 bits per heavy atom. The van der Waals surface area contributed by atoms with Crippen LogP contribution in [0.2, 0.25) is 0 Å². The van der Waals surface area contributed by atoms with Gasteiger partial charge in [0.05, 0.1) is 25.1 Å². The van der Waals surface area contributed by atoms with E-state index in [1.807, 2.05) is 0 Å². The molecule has 1 amide bonds. The number of carbonyl (C=O) groups excluding carboxylic acids is 1. The van der Waals surface area contributed by atoms with Crippen LogP contribution in [0.3, 0.4) is 0 Å². The van der Waals surface area contributed by atoms with Crippen LogP contribution >= 0.6 is 0 Å². The maximum atomic E-state index is 13.5. The Morgan fingerprint density at radius 1 is 1.26 bits per heavy atom. The minimum Gasteiger partial charge on any atom is -0.497 e. The maximum Gasteiger partial charge on any atom is 0.277 e. The van der Waals surface area contributed by atoms with E-state index in [9.17, 15) is 9.18 Å². The smallest absolute Gasteiger partial charge is 0.277 e. The van der Waals surface area contributed by atoms with E-state index in [1.54, 1.807) is 37.4 Å². The summed E-state index contributed by atoms with van der Waals surface area (Å²) in [5.74, 6) is 0.436. The fraction of sp³-hybridized carbons (Fsp3) is 0.105. The summed E-state index contributed by atoms with van der Waals surface area (Å²) in [5.41, 5.74) is 3.52. The highest BCUT2D eigenvalue weighted by molar-refractivity contribution is 5.83. The van der Waals surface area contributed by atoms with Gasteiger partial charge in [-0.25, -0.2) is 9.82 Å². The third-order valence-corrected chi connectivity index (χ3v) is 3.52. The number of hydrogen-bond acceptors (Lipinski definition) is 6. The summed E-state index contributed by atoms with van der Waals surface area (Å²) in [4.78, 5) is 11.9. The van der Waals surface area contributed by atoms with Gasteiger partial charge in [-0.2, -0.15) is 5.10 Å². The van der Waals surface area contributed by atoms with Crippen molar-refractivity contribution in [1.29, 1.82) is 0 Å². The van der Waals surface area contributed by atoms with Crippen molar-refractivity contribution in [3.8, 4) is 22.8 Å². The van der Waals surface area contributed by atoms with Crippen LogP contribution in [0.15, 0.2) is 64.4 Å². The second kappa shape index (κ2) is 8.61. The number of hydrogen-bond donors (Lipinski definition) is 1. The lowest BCUT2D eigenvalue weighted by Gasteiger charge is -2.09. The number of rotatable bonds is 7. The molecule has 3 aromatic rings. The molecule has 1 N–H and O–H groups in total. The summed E-state index contributed by atoms with van der Waals surface area (Å²) < 4.78 is 29.0. The van der Waals surface area contributed by atoms with Gasteiger partial charge in [0.15, 0.2) is 12.4 Å². The number of benzene rings is 2. The SMILES string of the molecule is COc1ccc(/C=N\NC(=O)COc2ccc(F)cc2-c2ccno2)cc1. The molecule has 0 fully saturated rings. The van der Waals surface area contributed by atoms with E-state index in [0.717, 1.165) is 11.3 Å². The highest BCUT2D eigenvalue weighted by Gasteiger charge is 2.12. The first-order chi connectivity index (χ1) is 13.2. The lowest BCUT2D eigenvalue weighted by Crippen LogP contribution is -2.24. The lowest BCUT2D eigenvalue weighted by molar-refractivity contribution is -0.123. The van der Waals surface area contributed by atoms with Gasteiger partial charge in [0.25, 0.3) is 5.91 Å². The average molecular weight is 369 g/mol. The van der Waals surface area contributed by atoms with Gasteiger partial charge in [0.2, 0.25) is 0 Å². The third-order valence-electron chi connectivity index (χ3n) is 3.52. The van der Waals surface area contributed by atoms with Gasteiger partial charge in [-0.05, 0) is 48.0 Å². The summed E-state index contributed by atoms with van der Waals surface area (Å²) in [6, 6.07) is 12.6. The third kappa shape index (κ3) is 4.91. The molecule has 0 radical (unpaired) electrons. The minimum absolute atomic E-state index is 0.294. The fourth-order valence-electron chi connectivity index (χ4n) is 2.22. The number of nitrogens with zero attached hydrogens (tertiary/aromatic N) is 2. The number of ether oxygens (including phenoxy) is 2. The largest absolute Gasteiger partial charge is 0.497 e. The Bertz CT molecular complexity index is 925. The van der Waals surface area contributed by atoms with Gasteiger partial charge in [0, 0.05) is 6.07 Å². The molecule has 0 aliphatic carbocycles. The zero-order valence-electron chi connectivity index (χ0n) is 14.4. The highest BCUT2D eigenvalue weighted by Crippen LogP contribution is 2.30. The van der Waals surface area contributed by atoms with Crippen LogP contribution in [0.1, 0.15) is 5.56 Å². The van der Waals surface area contributed by atoms with Crippen LogP contribution in [0, 0.1) is 5.82 Å². The number of methoxy groups -OCH3 is 1. The molecule has 1 heterocycles. The molecular formula is C19H16FN3O4. The van der Waals surface area contributed by atoms with Crippen LogP contribution < -0.4 is 14.9 Å². The standard InChI is InChI=1S/C19H16FN3O4/c1-25-15-5-2-13(3-6-15)11-21-23-19(24)12-26-17-7-4-14(20)10-16(17)18-8-9-22-27-18/h2-11H,12H2,1H3,(H,23,24)/b21-11-. The van der Waals surface area contributed by atoms with Crippen molar-refractivity contribution in [2.75, 3.05) is 13.7 Å². The first-order valence-electron chi connectivity index (χ1n) is 7.95. The molecule has 7 nitrogen and oxygen atoms in total. The molecule has 0 atom stereocenters. The predicted octanol–water partition coefficient (Wildman–Crippen LogP) is 3.02. The molecule has 8 heteroatoms. The van der Waals surface area contributed by atoms with E-state index in [-0.39, 0.29) is 6.61 Å². The van der Waals surface area contributed by atoms with Gasteiger partial charge < -0.3 is 14.0 Å². The second-order valence-corrected chi connectivity index (χ2v) is 5.37. The molecule has 0 aliphatic heterocycles. The summed E-state index contributed by atoms with van der Waals surface area (Å²) in [6.45, 7) is -0.299. The number of halogens is 1. The first-order valence-corrected chi connectivity index (χ1v) is 7.95. The summed E-state index contributed by atoms with van der Waals surface area (Å²) in [5, 5.41) is 7.45. The zero-order chi connectivity index (χ0) is 19.1. The summed E-state index contributed by atoms with van der Waals surface area (Å²) in [6.07, 6.45) is 2.93. The number of nitrogens with one attached hydrogen (secondary N) is 1. The average Bonchev–Trinajstić information content (AvgIpc) is 3.22. The Balaban J connectivity index is 1.57. The van der Waals surface area contributed by atoms with Crippen LogP contribution in [0.25, 0.3) is 11.3 Å². The van der Waals surface area contributed by atoms with Crippen LogP contribution in [0.5, 0.6) is 11.5 Å². The number of amides is 1. The Labute approximate surface area is 154 Å². The van der Waals surface area contributed by atoms with E-state index >= 15 is 0 Å². The molecule has 2 aromatic carbocycles. The molecule has 3 rings (SSSR count). The molecule has 0 saturated heterocycles. The van der Waals surface area contributed by atoms with Crippen molar-refractivity contribution >= 4 is 12.1 Å². The van der Waals surface area contributed by atoms with E-state index in [0.29, 0.717) is 17.1 Å². The second-order valence-electron chi connectivity index (χ2n) is 5.37. The highest BCUT2D eigenvalue weighted by atomic mass is 19.1. The summed E-state index contributed by atoms with van der Waals surface area (Å²) in [7, 11) is 1.58. The maximum absolute atomic E-state index is 13.5. The lowest BCUT2D eigenvalue weighted by atomic mass is 10.1. The number of carbonyl (C=O) groups is 1. The summed E-state index contributed by atoms with van der Waals surface area (Å²) >= 11 is 0. The molecule has 138 valence electrons. The minimum atomic E-state index is -0.465. The normalized spacial score (nSPS) is 10.7. The Hall–Kier alpha value is -3.68. The monoisotopic (exact) mass is 369 g/mol. The van der Waals surface area contributed by atoms with Gasteiger partial charge in [-0.3, -0.25) is 4.79 Å². The molecule has 27 heavy (non-hydrogen) atoms. The van der Waals surface area contributed by atoms with Gasteiger partial charge >= 0.3 is 0 Å². The zero-order valence-corrected chi connectivity index (χ0v) is 14.4. The van der Waals surface area contributed by atoms with Crippen LogP contribution in [0.4, 0.5) is 4.39 Å². The van der Waals surface area contributed by atoms with E-state index < -0.39 is 11.7 Å². The van der Waals surface area contributed by atoms with Crippen molar-refractivity contribution in [2.45, 2.75) is 0 Å². The molecule has 1 aromatic heterocycles. The molecular weight excluding hydrogens is 353 g/mol. The van der Waals surface area contributed by atoms with Crippen molar-refractivity contribution in [3.63, 3.8) is 0 Å². The number of hydrazone groups is 1. The van der Waals surface area contributed by atoms with Crippen molar-refractivity contribution in [2.24, 2.45) is 5.10 Å². The molecule has 0 unspecified atom stereocenters. The Morgan fingerprint density at radius 2 is 2.07 bits per heavy atom. The predicted molar refractivity (Wildman–Crippen MR) is 96.1 cm³/mol. The molecule has 0 spiro atoms. The van der Waals surface area contributed by atoms with Gasteiger partial charge in [0.1, 0.15) is 17.3 Å². The van der Waals surface area contributed by atoms with Crippen molar-refractivity contribution in [3.05, 3.63) is 66.1 Å². The van der Waals surface area contributed by atoms with E-state index in [4.69, 9.17) is 14.0 Å². The fourth-order valence-corrected chi connectivity index (χ4v) is 2.22. The Kier molecular flexibility index (Phi) is 5.78. The van der Waals surface area contributed by atoms with Crippen molar-refractivity contribution in [1.82, 2.24) is 10.6 Å². The van der Waals surface area contributed by atoms with E-state index in [2.05, 4.69) is 15.7 Å². The van der Waals surface area contributed by atoms with Crippen molar-refractivity contribution < 1.29 is 23.2 Å². The molecule has 0 bridgehead atoms. The van der Waals surface area contributed by atoms with Gasteiger partial charge in [-0.15, -0.1) is 0 Å². The first kappa shape index (κ1) is 18.1. The van der Waals surface area contributed by atoms with Crippen LogP contribution in [-0.4, -0.2) is 31.0 Å². The van der Waals surface area contributed by atoms with E-state index in [1.165, 1.54) is 30.6 Å². The quantitative estimate of drug-likeness (QED) is 0.511. The van der Waals surface area contributed by atoms with Gasteiger partial charge in [-0.1, -0.05) is 5.16 Å². The number of aromatic nitrogens is 1. The molecule has 0 saturated carbocycles. The molecule has 0 aliphatic rings.